The zero-order valence-corrected chi connectivity index (χ0v) is 18.7. The molecular weight excluding hydrogens is 370 g/mol. The van der Waals surface area contributed by atoms with Gasteiger partial charge in [-0.25, -0.2) is 4.99 Å². The molecule has 1 aliphatic heterocycles. The Balaban J connectivity index is 1.99. The molecule has 1 unspecified atom stereocenters. The van der Waals surface area contributed by atoms with Crippen LogP contribution in [0.5, 0.6) is 0 Å². The van der Waals surface area contributed by atoms with Crippen LogP contribution in [-0.4, -0.2) is 68.0 Å². The fourth-order valence-corrected chi connectivity index (χ4v) is 4.11. The topological polar surface area (TPSA) is 60.0 Å². The molecule has 0 bridgehead atoms. The quantitative estimate of drug-likeness (QED) is 0.514. The molecule has 0 radical (unpaired) electrons. The van der Waals surface area contributed by atoms with Gasteiger partial charge in [0.2, 0.25) is 5.91 Å². The summed E-state index contributed by atoms with van der Waals surface area (Å²) in [6, 6.07) is 4.63. The maximum atomic E-state index is 12.0. The molecule has 2 rings (SSSR count). The lowest BCUT2D eigenvalue weighted by atomic mass is 10.0. The molecule has 2 heterocycles. The second-order valence-electron chi connectivity index (χ2n) is 8.03. The van der Waals surface area contributed by atoms with E-state index in [9.17, 15) is 4.79 Å². The first kappa shape index (κ1) is 22.7. The van der Waals surface area contributed by atoms with Crippen molar-refractivity contribution in [3.05, 3.63) is 22.4 Å². The third-order valence-electron chi connectivity index (χ3n) is 5.24. The molecule has 1 aromatic heterocycles. The number of nitrogens with one attached hydrogen (secondary N) is 2. The number of nitrogens with zero attached hydrogens (tertiary/aromatic N) is 3. The number of likely N-dealkylation sites (tertiary alicyclic amines) is 1. The van der Waals surface area contributed by atoms with Crippen LogP contribution in [0, 0.1) is 5.92 Å². The Morgan fingerprint density at radius 1 is 1.21 bits per heavy atom. The Morgan fingerprint density at radius 2 is 1.93 bits per heavy atom. The second kappa shape index (κ2) is 12.1. The van der Waals surface area contributed by atoms with Crippen LogP contribution >= 0.6 is 11.3 Å². The molecule has 1 saturated heterocycles. The van der Waals surface area contributed by atoms with Crippen molar-refractivity contribution in [2.75, 3.05) is 40.3 Å². The van der Waals surface area contributed by atoms with Crippen molar-refractivity contribution in [2.24, 2.45) is 10.9 Å². The molecule has 28 heavy (non-hydrogen) atoms. The molecule has 7 heteroatoms. The van der Waals surface area contributed by atoms with Crippen molar-refractivity contribution in [2.45, 2.75) is 52.1 Å². The molecular formula is C21H37N5OS. The van der Waals surface area contributed by atoms with Gasteiger partial charge in [0.15, 0.2) is 5.96 Å². The maximum absolute atomic E-state index is 12.0. The Bertz CT molecular complexity index is 592. The number of guanidine groups is 1. The molecule has 6 nitrogen and oxygen atoms in total. The molecule has 1 amide bonds. The first-order chi connectivity index (χ1) is 13.5. The van der Waals surface area contributed by atoms with Crippen LogP contribution in [0.25, 0.3) is 0 Å². The van der Waals surface area contributed by atoms with Crippen LogP contribution in [0.15, 0.2) is 22.5 Å². The summed E-state index contributed by atoms with van der Waals surface area (Å²) in [6.45, 7) is 8.66. The molecule has 1 aromatic rings. The van der Waals surface area contributed by atoms with E-state index < -0.39 is 0 Å². The van der Waals surface area contributed by atoms with Gasteiger partial charge in [0.1, 0.15) is 6.54 Å². The number of aliphatic imine (C=N–C) groups is 1. The van der Waals surface area contributed by atoms with Gasteiger partial charge in [-0.15, -0.1) is 11.3 Å². The number of carbonyl (C=O) groups is 1. The molecule has 1 fully saturated rings. The van der Waals surface area contributed by atoms with E-state index in [1.165, 1.54) is 43.6 Å². The number of thiophene rings is 1. The molecule has 158 valence electrons. The van der Waals surface area contributed by atoms with Gasteiger partial charge < -0.3 is 15.5 Å². The van der Waals surface area contributed by atoms with Crippen molar-refractivity contribution < 1.29 is 4.79 Å². The minimum absolute atomic E-state index is 0.00477. The van der Waals surface area contributed by atoms with Crippen LogP contribution in [-0.2, 0) is 11.3 Å². The maximum Gasteiger partial charge on any atom is 0.243 e. The predicted molar refractivity (Wildman–Crippen MR) is 119 cm³/mol. The summed E-state index contributed by atoms with van der Waals surface area (Å²) >= 11 is 1.72. The lowest BCUT2D eigenvalue weighted by Gasteiger charge is -2.34. The number of carbonyl (C=O) groups excluding carboxylic acids is 1. The first-order valence-electron chi connectivity index (χ1n) is 10.5. The van der Waals surface area contributed by atoms with E-state index in [-0.39, 0.29) is 12.5 Å². The van der Waals surface area contributed by atoms with E-state index in [1.54, 1.807) is 30.3 Å². The number of hydrogen-bond donors (Lipinski definition) is 2. The third kappa shape index (κ3) is 7.80. The van der Waals surface area contributed by atoms with Gasteiger partial charge in [0.25, 0.3) is 0 Å². The molecule has 1 atom stereocenters. The van der Waals surface area contributed by atoms with Crippen molar-refractivity contribution in [3.8, 4) is 0 Å². The molecule has 0 aromatic carbocycles. The van der Waals surface area contributed by atoms with E-state index in [0.717, 1.165) is 13.1 Å². The van der Waals surface area contributed by atoms with Crippen LogP contribution in [0.3, 0.4) is 0 Å². The summed E-state index contributed by atoms with van der Waals surface area (Å²) in [4.78, 5) is 22.0. The predicted octanol–water partition coefficient (Wildman–Crippen LogP) is 2.77. The Labute approximate surface area is 174 Å². The summed E-state index contributed by atoms with van der Waals surface area (Å²) in [5, 5.41) is 8.97. The van der Waals surface area contributed by atoms with Gasteiger partial charge in [-0.1, -0.05) is 32.8 Å². The van der Waals surface area contributed by atoms with Crippen LogP contribution < -0.4 is 10.6 Å². The summed E-state index contributed by atoms with van der Waals surface area (Å²) < 4.78 is 0. The second-order valence-corrected chi connectivity index (χ2v) is 9.06. The zero-order chi connectivity index (χ0) is 20.4. The standard InChI is InChI=1S/C21H37N5OS/c1-17(2)19(26-11-7-5-6-8-12-26)15-23-21(24-16-20(27)25(3)4)22-14-18-10-9-13-28-18/h9-10,13,17,19H,5-8,11-12,14-16H2,1-4H3,(H2,22,23,24). The monoisotopic (exact) mass is 407 g/mol. The van der Waals surface area contributed by atoms with Crippen molar-refractivity contribution in [1.82, 2.24) is 20.4 Å². The molecule has 0 aliphatic carbocycles. The highest BCUT2D eigenvalue weighted by molar-refractivity contribution is 7.09. The van der Waals surface area contributed by atoms with E-state index >= 15 is 0 Å². The highest BCUT2D eigenvalue weighted by Gasteiger charge is 2.23. The van der Waals surface area contributed by atoms with Crippen LogP contribution in [0.1, 0.15) is 44.4 Å². The SMILES string of the molecule is CC(C)C(CNC(=NCC(=O)N(C)C)NCc1cccs1)N1CCCCCC1. The number of rotatable bonds is 8. The summed E-state index contributed by atoms with van der Waals surface area (Å²) in [7, 11) is 3.52. The number of likely N-dealkylation sites (N-methyl/N-ethyl adjacent to an activating group) is 1. The summed E-state index contributed by atoms with van der Waals surface area (Å²) in [5.74, 6) is 1.28. The highest BCUT2D eigenvalue weighted by Crippen LogP contribution is 2.17. The summed E-state index contributed by atoms with van der Waals surface area (Å²) in [5.41, 5.74) is 0. The Kier molecular flexibility index (Phi) is 9.78. The van der Waals surface area contributed by atoms with Crippen LogP contribution in [0.2, 0.25) is 0 Å². The first-order valence-corrected chi connectivity index (χ1v) is 11.3. The van der Waals surface area contributed by atoms with Crippen LogP contribution in [0.4, 0.5) is 0 Å². The fraction of sp³-hybridized carbons (Fsp3) is 0.714. The highest BCUT2D eigenvalue weighted by atomic mass is 32.1. The largest absolute Gasteiger partial charge is 0.355 e. The van der Waals surface area contributed by atoms with Crippen molar-refractivity contribution in [3.63, 3.8) is 0 Å². The van der Waals surface area contributed by atoms with Crippen molar-refractivity contribution >= 4 is 23.2 Å². The molecule has 0 saturated carbocycles. The van der Waals surface area contributed by atoms with E-state index in [1.807, 2.05) is 0 Å². The van der Waals surface area contributed by atoms with E-state index in [4.69, 9.17) is 0 Å². The smallest absolute Gasteiger partial charge is 0.243 e. The molecule has 1 aliphatic rings. The van der Waals surface area contributed by atoms with E-state index in [0.29, 0.717) is 17.9 Å². The van der Waals surface area contributed by atoms with Gasteiger partial charge >= 0.3 is 0 Å². The summed E-state index contributed by atoms with van der Waals surface area (Å²) in [6.07, 6.45) is 5.27. The average Bonchev–Trinajstić information content (AvgIpc) is 3.04. The average molecular weight is 408 g/mol. The normalized spacial score (nSPS) is 17.2. The van der Waals surface area contributed by atoms with Gasteiger partial charge in [-0.05, 0) is 43.3 Å². The zero-order valence-electron chi connectivity index (χ0n) is 17.9. The van der Waals surface area contributed by atoms with Gasteiger partial charge in [-0.2, -0.15) is 0 Å². The third-order valence-corrected chi connectivity index (χ3v) is 6.12. The Hall–Kier alpha value is -1.60. The van der Waals surface area contributed by atoms with Crippen molar-refractivity contribution in [1.29, 1.82) is 0 Å². The van der Waals surface area contributed by atoms with Gasteiger partial charge in [-0.3, -0.25) is 9.69 Å². The number of hydrogen-bond acceptors (Lipinski definition) is 4. The van der Waals surface area contributed by atoms with E-state index in [2.05, 4.69) is 51.9 Å². The van der Waals surface area contributed by atoms with Gasteiger partial charge in [0, 0.05) is 31.6 Å². The minimum Gasteiger partial charge on any atom is -0.355 e. The number of amides is 1. The Morgan fingerprint density at radius 3 is 2.50 bits per heavy atom. The van der Waals surface area contributed by atoms with Gasteiger partial charge in [0.05, 0.1) is 6.54 Å². The molecule has 0 spiro atoms. The fourth-order valence-electron chi connectivity index (χ4n) is 3.46. The molecule has 2 N–H and O–H groups in total. The lowest BCUT2D eigenvalue weighted by molar-refractivity contribution is -0.127. The lowest BCUT2D eigenvalue weighted by Crippen LogP contribution is -2.49. The minimum atomic E-state index is 0.00477.